The third kappa shape index (κ3) is 3.79. The summed E-state index contributed by atoms with van der Waals surface area (Å²) in [6, 6.07) is 12.9. The number of rotatable bonds is 6. The van der Waals surface area contributed by atoms with Crippen LogP contribution in [-0.4, -0.2) is 34.8 Å². The van der Waals surface area contributed by atoms with Crippen molar-refractivity contribution in [2.24, 2.45) is 5.10 Å². The number of nitrogens with one attached hydrogen (secondary N) is 1. The first-order valence-electron chi connectivity index (χ1n) is 7.91. The molecule has 0 unspecified atom stereocenters. The van der Waals surface area contributed by atoms with Crippen LogP contribution in [0.15, 0.2) is 47.6 Å². The number of hydrogen-bond acceptors (Lipinski definition) is 5. The molecule has 0 aliphatic heterocycles. The molecule has 3 aromatic rings. The topological polar surface area (TPSA) is 64.4 Å². The molecule has 6 nitrogen and oxygen atoms in total. The summed E-state index contributed by atoms with van der Waals surface area (Å²) in [5.41, 5.74) is 1.57. The maximum absolute atomic E-state index is 6.26. The van der Waals surface area contributed by atoms with Crippen LogP contribution in [0.25, 0.3) is 11.4 Å². The number of ether oxygens (including phenoxy) is 2. The number of benzene rings is 2. The zero-order valence-corrected chi connectivity index (χ0v) is 15.8. The largest absolute Gasteiger partial charge is 0.493 e. The zero-order valence-electron chi connectivity index (χ0n) is 14.3. The minimum Gasteiger partial charge on any atom is -0.493 e. The van der Waals surface area contributed by atoms with E-state index in [0.717, 1.165) is 11.1 Å². The van der Waals surface area contributed by atoms with Crippen molar-refractivity contribution in [1.29, 1.82) is 0 Å². The molecule has 0 amide bonds. The number of hydrogen-bond donors (Lipinski definition) is 1. The van der Waals surface area contributed by atoms with Crippen LogP contribution in [0.2, 0.25) is 5.02 Å². The summed E-state index contributed by atoms with van der Waals surface area (Å²) in [6.45, 7) is 2.46. The number of aromatic amines is 1. The van der Waals surface area contributed by atoms with Crippen molar-refractivity contribution >= 4 is 30.0 Å². The highest BCUT2D eigenvalue weighted by molar-refractivity contribution is 7.71. The molecule has 0 spiro atoms. The number of halogens is 1. The Labute approximate surface area is 161 Å². The highest BCUT2D eigenvalue weighted by Crippen LogP contribution is 2.28. The van der Waals surface area contributed by atoms with E-state index < -0.39 is 0 Å². The molecule has 134 valence electrons. The average Bonchev–Trinajstić information content (AvgIpc) is 3.01. The molecule has 26 heavy (non-hydrogen) atoms. The number of methoxy groups -OCH3 is 1. The van der Waals surface area contributed by atoms with Crippen molar-refractivity contribution < 1.29 is 9.47 Å². The molecule has 3 rings (SSSR count). The van der Waals surface area contributed by atoms with Crippen LogP contribution in [0.3, 0.4) is 0 Å². The second-order valence-electron chi connectivity index (χ2n) is 5.23. The Morgan fingerprint density at radius 2 is 2.08 bits per heavy atom. The summed E-state index contributed by atoms with van der Waals surface area (Å²) >= 11 is 11.5. The molecule has 0 aliphatic carbocycles. The fraction of sp³-hybridized carbons (Fsp3) is 0.167. The van der Waals surface area contributed by atoms with Crippen molar-refractivity contribution in [2.45, 2.75) is 6.92 Å². The predicted molar refractivity (Wildman–Crippen MR) is 105 cm³/mol. The van der Waals surface area contributed by atoms with Gasteiger partial charge in [0.25, 0.3) is 0 Å². The predicted octanol–water partition coefficient (Wildman–Crippen LogP) is 4.55. The summed E-state index contributed by atoms with van der Waals surface area (Å²) < 4.78 is 12.8. The Balaban J connectivity index is 1.97. The van der Waals surface area contributed by atoms with Crippen molar-refractivity contribution in [3.63, 3.8) is 0 Å². The summed E-state index contributed by atoms with van der Waals surface area (Å²) in [5.74, 6) is 1.86. The number of nitrogens with zero attached hydrogens (tertiary/aromatic N) is 3. The van der Waals surface area contributed by atoms with E-state index in [0.29, 0.717) is 33.7 Å². The molecule has 8 heteroatoms. The SMILES string of the molecule is CCOc1cc(/C=N\n2c(-c3ccccc3Cl)n[nH]c2=S)ccc1OC. The third-order valence-corrected chi connectivity index (χ3v) is 4.17. The average molecular weight is 389 g/mol. The Morgan fingerprint density at radius 1 is 1.27 bits per heavy atom. The van der Waals surface area contributed by atoms with Crippen LogP contribution in [0, 0.1) is 4.77 Å². The van der Waals surface area contributed by atoms with Crippen LogP contribution >= 0.6 is 23.8 Å². The summed E-state index contributed by atoms with van der Waals surface area (Å²) in [5, 5.41) is 12.0. The molecule has 1 heterocycles. The first-order valence-corrected chi connectivity index (χ1v) is 8.70. The van der Waals surface area contributed by atoms with Gasteiger partial charge in [-0.2, -0.15) is 14.9 Å². The van der Waals surface area contributed by atoms with E-state index in [4.69, 9.17) is 33.3 Å². The van der Waals surface area contributed by atoms with Crippen molar-refractivity contribution in [2.75, 3.05) is 13.7 Å². The summed E-state index contributed by atoms with van der Waals surface area (Å²) in [4.78, 5) is 0. The van der Waals surface area contributed by atoms with E-state index in [-0.39, 0.29) is 0 Å². The number of H-pyrrole nitrogens is 1. The molecule has 0 saturated heterocycles. The van der Waals surface area contributed by atoms with E-state index in [1.54, 1.807) is 19.4 Å². The lowest BCUT2D eigenvalue weighted by molar-refractivity contribution is 0.311. The van der Waals surface area contributed by atoms with E-state index in [1.165, 1.54) is 4.68 Å². The van der Waals surface area contributed by atoms with E-state index in [1.807, 2.05) is 43.3 Å². The molecule has 2 aromatic carbocycles. The maximum atomic E-state index is 6.26. The van der Waals surface area contributed by atoms with Crippen LogP contribution < -0.4 is 9.47 Å². The second kappa shape index (κ2) is 8.16. The molecule has 0 bridgehead atoms. The lowest BCUT2D eigenvalue weighted by atomic mass is 10.2. The molecule has 1 N–H and O–H groups in total. The minimum absolute atomic E-state index is 0.370. The molecule has 0 radical (unpaired) electrons. The summed E-state index contributed by atoms with van der Waals surface area (Å²) in [6.07, 6.45) is 1.67. The van der Waals surface area contributed by atoms with Gasteiger partial charge in [-0.05, 0) is 55.0 Å². The molecule has 0 fully saturated rings. The van der Waals surface area contributed by atoms with Crippen LogP contribution in [-0.2, 0) is 0 Å². The van der Waals surface area contributed by atoms with Gasteiger partial charge >= 0.3 is 0 Å². The highest BCUT2D eigenvalue weighted by Gasteiger charge is 2.11. The van der Waals surface area contributed by atoms with Gasteiger partial charge in [-0.25, -0.2) is 5.10 Å². The fourth-order valence-corrected chi connectivity index (χ4v) is 2.78. The third-order valence-electron chi connectivity index (χ3n) is 3.57. The first-order chi connectivity index (χ1) is 12.6. The number of aromatic nitrogens is 3. The molecule has 0 atom stereocenters. The minimum atomic E-state index is 0.370. The monoisotopic (exact) mass is 388 g/mol. The Kier molecular flexibility index (Phi) is 5.70. The quantitative estimate of drug-likeness (QED) is 0.497. The fourth-order valence-electron chi connectivity index (χ4n) is 2.38. The Bertz CT molecular complexity index is 997. The standard InChI is InChI=1S/C18H17ClN4O2S/c1-3-25-16-10-12(8-9-15(16)24-2)11-20-23-17(21-22-18(23)26)13-6-4-5-7-14(13)19/h4-11H,3H2,1-2H3,(H,22,26)/b20-11-. The molecular weight excluding hydrogens is 372 g/mol. The smallest absolute Gasteiger partial charge is 0.216 e. The van der Waals surface area contributed by atoms with Crippen LogP contribution in [0.1, 0.15) is 12.5 Å². The second-order valence-corrected chi connectivity index (χ2v) is 6.03. The lowest BCUT2D eigenvalue weighted by Crippen LogP contribution is -1.98. The van der Waals surface area contributed by atoms with Gasteiger partial charge in [0.1, 0.15) is 0 Å². The van der Waals surface area contributed by atoms with Gasteiger partial charge in [-0.1, -0.05) is 23.7 Å². The van der Waals surface area contributed by atoms with Crippen LogP contribution in [0.5, 0.6) is 11.5 Å². The first kappa shape index (κ1) is 18.2. The van der Waals surface area contributed by atoms with Gasteiger partial charge in [0.05, 0.1) is 25.0 Å². The van der Waals surface area contributed by atoms with Crippen molar-refractivity contribution in [3.8, 4) is 22.9 Å². The molecule has 0 saturated carbocycles. The van der Waals surface area contributed by atoms with Gasteiger partial charge < -0.3 is 9.47 Å². The molecule has 1 aromatic heterocycles. The van der Waals surface area contributed by atoms with Crippen molar-refractivity contribution in [1.82, 2.24) is 14.9 Å². The van der Waals surface area contributed by atoms with E-state index in [2.05, 4.69) is 15.3 Å². The van der Waals surface area contributed by atoms with E-state index in [9.17, 15) is 0 Å². The molecular formula is C18H17ClN4O2S. The van der Waals surface area contributed by atoms with Crippen LogP contribution in [0.4, 0.5) is 0 Å². The Hall–Kier alpha value is -2.64. The van der Waals surface area contributed by atoms with Gasteiger partial charge in [-0.3, -0.25) is 0 Å². The normalized spacial score (nSPS) is 11.0. The highest BCUT2D eigenvalue weighted by atomic mass is 35.5. The Morgan fingerprint density at radius 3 is 2.81 bits per heavy atom. The van der Waals surface area contributed by atoms with Gasteiger partial charge in [0.2, 0.25) is 4.77 Å². The lowest BCUT2D eigenvalue weighted by Gasteiger charge is -2.09. The van der Waals surface area contributed by atoms with Gasteiger partial charge in [0, 0.05) is 5.56 Å². The summed E-state index contributed by atoms with van der Waals surface area (Å²) in [7, 11) is 1.60. The maximum Gasteiger partial charge on any atom is 0.216 e. The molecule has 0 aliphatic rings. The van der Waals surface area contributed by atoms with Crippen molar-refractivity contribution in [3.05, 3.63) is 57.8 Å². The zero-order chi connectivity index (χ0) is 18.5. The van der Waals surface area contributed by atoms with E-state index >= 15 is 0 Å². The van der Waals surface area contributed by atoms with Gasteiger partial charge in [-0.15, -0.1) is 0 Å². The van der Waals surface area contributed by atoms with Gasteiger partial charge in [0.15, 0.2) is 17.3 Å².